The Morgan fingerprint density at radius 3 is 2.75 bits per heavy atom. The van der Waals surface area contributed by atoms with E-state index in [0.29, 0.717) is 0 Å². The van der Waals surface area contributed by atoms with Crippen LogP contribution in [0.4, 0.5) is 10.5 Å². The lowest BCUT2D eigenvalue weighted by Crippen LogP contribution is -2.33. The summed E-state index contributed by atoms with van der Waals surface area (Å²) in [6.07, 6.45) is 1.81. The van der Waals surface area contributed by atoms with E-state index in [-0.39, 0.29) is 13.0 Å². The first-order valence-electron chi connectivity index (χ1n) is 6.64. The van der Waals surface area contributed by atoms with Gasteiger partial charge in [-0.25, -0.2) is 9.59 Å². The number of rotatable bonds is 5. The van der Waals surface area contributed by atoms with Gasteiger partial charge in [-0.1, -0.05) is 6.07 Å². The largest absolute Gasteiger partial charge is 0.479 e. The summed E-state index contributed by atoms with van der Waals surface area (Å²) in [4.78, 5) is 22.0. The highest BCUT2D eigenvalue weighted by Gasteiger charge is 2.14. The zero-order valence-electron chi connectivity index (χ0n) is 11.1. The molecule has 0 saturated carbocycles. The Kier molecular flexibility index (Phi) is 4.57. The third kappa shape index (κ3) is 3.71. The molecular weight excluding hydrogens is 260 g/mol. The number of carbonyl (C=O) groups is 2. The lowest BCUT2D eigenvalue weighted by molar-refractivity contribution is -0.146. The van der Waals surface area contributed by atoms with Crippen molar-refractivity contribution in [3.63, 3.8) is 0 Å². The van der Waals surface area contributed by atoms with Gasteiger partial charge in [-0.05, 0) is 42.5 Å². The third-order valence-corrected chi connectivity index (χ3v) is 3.34. The summed E-state index contributed by atoms with van der Waals surface area (Å²) in [7, 11) is 0. The Bertz CT molecular complexity index is 516. The number of carboxylic acids is 1. The minimum Gasteiger partial charge on any atom is -0.479 e. The number of aliphatic hydroxyl groups is 1. The van der Waals surface area contributed by atoms with Gasteiger partial charge in [0.2, 0.25) is 0 Å². The molecule has 6 heteroatoms. The molecule has 0 aliphatic heterocycles. The highest BCUT2D eigenvalue weighted by Crippen LogP contribution is 2.24. The van der Waals surface area contributed by atoms with Crippen LogP contribution in [-0.4, -0.2) is 34.9 Å². The number of benzene rings is 1. The molecule has 4 N–H and O–H groups in total. The summed E-state index contributed by atoms with van der Waals surface area (Å²) < 4.78 is 0. The van der Waals surface area contributed by atoms with E-state index in [0.717, 1.165) is 24.9 Å². The van der Waals surface area contributed by atoms with Crippen LogP contribution in [0, 0.1) is 0 Å². The number of hydrogen-bond donors (Lipinski definition) is 4. The Labute approximate surface area is 116 Å². The molecule has 0 radical (unpaired) electrons. The SMILES string of the molecule is O=C(NCC[C@H](O)C(=O)O)Nc1ccc2c(c1)CCC2. The van der Waals surface area contributed by atoms with Crippen LogP contribution < -0.4 is 10.6 Å². The van der Waals surface area contributed by atoms with Crippen LogP contribution in [0.3, 0.4) is 0 Å². The zero-order chi connectivity index (χ0) is 14.5. The van der Waals surface area contributed by atoms with Crippen molar-refractivity contribution in [2.75, 3.05) is 11.9 Å². The van der Waals surface area contributed by atoms with E-state index < -0.39 is 18.1 Å². The fourth-order valence-electron chi connectivity index (χ4n) is 2.27. The van der Waals surface area contributed by atoms with Crippen LogP contribution in [0.25, 0.3) is 0 Å². The first-order chi connectivity index (χ1) is 9.56. The van der Waals surface area contributed by atoms with E-state index in [9.17, 15) is 9.59 Å². The molecule has 0 fully saturated rings. The summed E-state index contributed by atoms with van der Waals surface area (Å²) in [5.74, 6) is -1.29. The van der Waals surface area contributed by atoms with Gasteiger partial charge in [-0.15, -0.1) is 0 Å². The zero-order valence-corrected chi connectivity index (χ0v) is 11.1. The van der Waals surface area contributed by atoms with Gasteiger partial charge in [0, 0.05) is 18.7 Å². The van der Waals surface area contributed by atoms with E-state index in [4.69, 9.17) is 10.2 Å². The van der Waals surface area contributed by atoms with Gasteiger partial charge in [0.25, 0.3) is 0 Å². The fraction of sp³-hybridized carbons (Fsp3) is 0.429. The second kappa shape index (κ2) is 6.38. The van der Waals surface area contributed by atoms with Crippen molar-refractivity contribution in [3.05, 3.63) is 29.3 Å². The quantitative estimate of drug-likeness (QED) is 0.649. The maximum Gasteiger partial charge on any atom is 0.332 e. The van der Waals surface area contributed by atoms with Gasteiger partial charge in [-0.3, -0.25) is 0 Å². The average molecular weight is 278 g/mol. The number of amides is 2. The predicted octanol–water partition coefficient (Wildman–Crippen LogP) is 1.13. The Hall–Kier alpha value is -2.08. The van der Waals surface area contributed by atoms with Gasteiger partial charge >= 0.3 is 12.0 Å². The second-order valence-electron chi connectivity index (χ2n) is 4.86. The molecule has 108 valence electrons. The van der Waals surface area contributed by atoms with Crippen LogP contribution in [0.15, 0.2) is 18.2 Å². The van der Waals surface area contributed by atoms with E-state index in [1.807, 2.05) is 18.2 Å². The first kappa shape index (κ1) is 14.3. The predicted molar refractivity (Wildman–Crippen MR) is 73.7 cm³/mol. The minimum atomic E-state index is -1.45. The summed E-state index contributed by atoms with van der Waals surface area (Å²) in [5, 5.41) is 22.8. The summed E-state index contributed by atoms with van der Waals surface area (Å²) in [6.45, 7) is 0.101. The normalized spacial score (nSPS) is 14.4. The van der Waals surface area contributed by atoms with Crippen LogP contribution in [-0.2, 0) is 17.6 Å². The molecule has 0 bridgehead atoms. The van der Waals surface area contributed by atoms with Gasteiger partial charge in [0.1, 0.15) is 0 Å². The van der Waals surface area contributed by atoms with E-state index >= 15 is 0 Å². The van der Waals surface area contributed by atoms with Crippen molar-refractivity contribution < 1.29 is 19.8 Å². The number of aliphatic carboxylic acids is 1. The average Bonchev–Trinajstić information content (AvgIpc) is 2.85. The summed E-state index contributed by atoms with van der Waals surface area (Å²) in [5.41, 5.74) is 3.33. The number of aliphatic hydroxyl groups excluding tert-OH is 1. The van der Waals surface area contributed by atoms with Crippen LogP contribution in [0.2, 0.25) is 0 Å². The van der Waals surface area contributed by atoms with Gasteiger partial charge in [0.05, 0.1) is 0 Å². The lowest BCUT2D eigenvalue weighted by atomic mass is 10.1. The fourth-order valence-corrected chi connectivity index (χ4v) is 2.27. The number of urea groups is 1. The maximum absolute atomic E-state index is 11.6. The molecule has 2 rings (SSSR count). The molecule has 20 heavy (non-hydrogen) atoms. The number of anilines is 1. The number of aryl methyl sites for hydroxylation is 2. The standard InChI is InChI=1S/C14H18N2O4/c17-12(13(18)19)6-7-15-14(20)16-11-5-4-9-2-1-3-10(9)8-11/h4-5,8,12,17H,1-3,6-7H2,(H,18,19)(H2,15,16,20)/t12-/m0/s1. The van der Waals surface area contributed by atoms with E-state index in [1.54, 1.807) is 0 Å². The highest BCUT2D eigenvalue weighted by molar-refractivity contribution is 5.89. The van der Waals surface area contributed by atoms with Crippen molar-refractivity contribution in [1.82, 2.24) is 5.32 Å². The van der Waals surface area contributed by atoms with Crippen molar-refractivity contribution in [2.24, 2.45) is 0 Å². The van der Waals surface area contributed by atoms with Crippen LogP contribution in [0.5, 0.6) is 0 Å². The Balaban J connectivity index is 1.78. The van der Waals surface area contributed by atoms with Crippen molar-refractivity contribution >= 4 is 17.7 Å². The van der Waals surface area contributed by atoms with Gasteiger partial charge in [-0.2, -0.15) is 0 Å². The van der Waals surface area contributed by atoms with Crippen molar-refractivity contribution in [2.45, 2.75) is 31.8 Å². The molecule has 6 nitrogen and oxygen atoms in total. The monoisotopic (exact) mass is 278 g/mol. The Morgan fingerprint density at radius 1 is 1.25 bits per heavy atom. The Morgan fingerprint density at radius 2 is 2.00 bits per heavy atom. The molecule has 0 unspecified atom stereocenters. The molecular formula is C14H18N2O4. The van der Waals surface area contributed by atoms with Crippen molar-refractivity contribution in [3.8, 4) is 0 Å². The summed E-state index contributed by atoms with van der Waals surface area (Å²) in [6, 6.07) is 5.44. The van der Waals surface area contributed by atoms with E-state index in [2.05, 4.69) is 10.6 Å². The molecule has 0 spiro atoms. The molecule has 0 saturated heterocycles. The number of carboxylic acid groups (broad SMARTS) is 1. The van der Waals surface area contributed by atoms with Crippen molar-refractivity contribution in [1.29, 1.82) is 0 Å². The number of fused-ring (bicyclic) bond motifs is 1. The van der Waals surface area contributed by atoms with Gasteiger partial charge in [0.15, 0.2) is 6.10 Å². The topological polar surface area (TPSA) is 98.7 Å². The molecule has 0 aromatic heterocycles. The second-order valence-corrected chi connectivity index (χ2v) is 4.86. The first-order valence-corrected chi connectivity index (χ1v) is 6.64. The van der Waals surface area contributed by atoms with E-state index in [1.165, 1.54) is 11.1 Å². The highest BCUT2D eigenvalue weighted by atomic mass is 16.4. The minimum absolute atomic E-state index is 0.0209. The third-order valence-electron chi connectivity index (χ3n) is 3.34. The van der Waals surface area contributed by atoms with Crippen LogP contribution >= 0.6 is 0 Å². The smallest absolute Gasteiger partial charge is 0.332 e. The summed E-state index contributed by atoms with van der Waals surface area (Å²) >= 11 is 0. The lowest BCUT2D eigenvalue weighted by Gasteiger charge is -2.10. The molecule has 1 atom stereocenters. The number of hydrogen-bond acceptors (Lipinski definition) is 3. The maximum atomic E-state index is 11.6. The molecule has 1 aliphatic carbocycles. The molecule has 1 aromatic carbocycles. The van der Waals surface area contributed by atoms with Crippen LogP contribution in [0.1, 0.15) is 24.0 Å². The molecule has 2 amide bonds. The van der Waals surface area contributed by atoms with Gasteiger partial charge < -0.3 is 20.8 Å². The molecule has 0 heterocycles. The number of carbonyl (C=O) groups excluding carboxylic acids is 1. The molecule has 1 aromatic rings. The molecule has 1 aliphatic rings. The number of nitrogens with one attached hydrogen (secondary N) is 2.